The fourth-order valence-electron chi connectivity index (χ4n) is 2.99. The summed E-state index contributed by atoms with van der Waals surface area (Å²) >= 11 is 0. The van der Waals surface area contributed by atoms with Crippen LogP contribution in [0.1, 0.15) is 22.5 Å². The van der Waals surface area contributed by atoms with Gasteiger partial charge in [0.2, 0.25) is 10.0 Å². The molecule has 0 radical (unpaired) electrons. The number of aromatic nitrogens is 1. The van der Waals surface area contributed by atoms with Gasteiger partial charge in [-0.3, -0.25) is 9.78 Å². The van der Waals surface area contributed by atoms with Gasteiger partial charge in [-0.25, -0.2) is 13.6 Å². The number of rotatable bonds is 4. The second-order valence-corrected chi connectivity index (χ2v) is 7.91. The fourth-order valence-corrected chi connectivity index (χ4v) is 3.53. The third kappa shape index (κ3) is 4.42. The van der Waals surface area contributed by atoms with E-state index in [9.17, 15) is 26.4 Å². The van der Waals surface area contributed by atoms with Crippen molar-refractivity contribution in [2.45, 2.75) is 23.5 Å². The molecule has 0 saturated carbocycles. The van der Waals surface area contributed by atoms with Crippen LogP contribution in [0.3, 0.4) is 0 Å². The van der Waals surface area contributed by atoms with E-state index in [1.165, 1.54) is 11.1 Å². The Kier molecular flexibility index (Phi) is 5.31. The summed E-state index contributed by atoms with van der Waals surface area (Å²) in [5.41, 5.74) is -1.14. The molecule has 1 saturated heterocycles. The van der Waals surface area contributed by atoms with Crippen LogP contribution in [0.2, 0.25) is 0 Å². The normalized spacial score (nSPS) is 17.6. The fraction of sp³-hybridized carbons (Fsp3) is 0.294. The predicted molar refractivity (Wildman–Crippen MR) is 95.0 cm³/mol. The summed E-state index contributed by atoms with van der Waals surface area (Å²) < 4.78 is 62.8. The Bertz CT molecular complexity index is 981. The number of sulfonamides is 1. The molecule has 1 aromatic carbocycles. The number of primary sulfonamides is 1. The van der Waals surface area contributed by atoms with Crippen LogP contribution in [0, 0.1) is 0 Å². The van der Waals surface area contributed by atoms with Gasteiger partial charge in [0, 0.05) is 31.0 Å². The van der Waals surface area contributed by atoms with Crippen molar-refractivity contribution in [3.8, 4) is 0 Å². The van der Waals surface area contributed by atoms with Gasteiger partial charge in [-0.05, 0) is 36.8 Å². The molecule has 1 aliphatic rings. The van der Waals surface area contributed by atoms with E-state index in [2.05, 4.69) is 10.3 Å². The van der Waals surface area contributed by atoms with E-state index in [1.807, 2.05) is 0 Å². The Labute approximate surface area is 159 Å². The van der Waals surface area contributed by atoms with Gasteiger partial charge in [0.1, 0.15) is 5.69 Å². The highest BCUT2D eigenvalue weighted by Gasteiger charge is 2.36. The highest BCUT2D eigenvalue weighted by Crippen LogP contribution is 2.37. The van der Waals surface area contributed by atoms with Crippen LogP contribution in [-0.2, 0) is 16.2 Å². The van der Waals surface area contributed by atoms with Crippen LogP contribution in [0.15, 0.2) is 47.5 Å². The molecule has 1 unspecified atom stereocenters. The van der Waals surface area contributed by atoms with Crippen LogP contribution in [0.25, 0.3) is 0 Å². The zero-order valence-electron chi connectivity index (χ0n) is 14.5. The number of halogens is 3. The smallest absolute Gasteiger partial charge is 0.380 e. The summed E-state index contributed by atoms with van der Waals surface area (Å²) in [5.74, 6) is -0.300. The van der Waals surface area contributed by atoms with Gasteiger partial charge in [-0.1, -0.05) is 6.07 Å². The molecule has 11 heteroatoms. The Morgan fingerprint density at radius 2 is 2.00 bits per heavy atom. The highest BCUT2D eigenvalue weighted by molar-refractivity contribution is 7.89. The molecular formula is C17H17F3N4O3S. The molecule has 0 aliphatic carbocycles. The monoisotopic (exact) mass is 414 g/mol. The third-order valence-electron chi connectivity index (χ3n) is 4.34. The lowest BCUT2D eigenvalue weighted by molar-refractivity contribution is -0.137. The molecule has 2 aromatic rings. The molecule has 1 fully saturated rings. The number of amides is 1. The molecule has 7 nitrogen and oxygen atoms in total. The van der Waals surface area contributed by atoms with Crippen LogP contribution in [0.4, 0.5) is 18.9 Å². The number of nitrogens with two attached hydrogens (primary N) is 1. The van der Waals surface area contributed by atoms with Crippen molar-refractivity contribution in [1.29, 1.82) is 0 Å². The topological polar surface area (TPSA) is 105 Å². The first-order chi connectivity index (χ1) is 13.1. The number of alkyl halides is 3. The van der Waals surface area contributed by atoms with Crippen molar-refractivity contribution in [2.24, 2.45) is 5.14 Å². The number of carbonyl (C=O) groups is 1. The molecule has 1 atom stereocenters. The molecule has 1 amide bonds. The van der Waals surface area contributed by atoms with Crippen molar-refractivity contribution in [2.75, 3.05) is 18.4 Å². The molecule has 3 N–H and O–H groups in total. The van der Waals surface area contributed by atoms with Crippen LogP contribution in [-0.4, -0.2) is 43.3 Å². The first kappa shape index (κ1) is 20.1. The molecule has 3 rings (SSSR count). The number of nitrogens with one attached hydrogen (secondary N) is 1. The van der Waals surface area contributed by atoms with Crippen molar-refractivity contribution >= 4 is 21.6 Å². The standard InChI is InChI=1S/C17H17F3N4O3S/c18-17(19,20)13-9-12(28(21,26)27)4-5-14(13)23-11-6-8-24(10-11)16(25)15-3-1-2-7-22-15/h1-5,7,9,11,23H,6,8,10H2,(H2,21,26,27). The number of nitrogens with zero attached hydrogens (tertiary/aromatic N) is 2. The minimum absolute atomic E-state index is 0.198. The van der Waals surface area contributed by atoms with E-state index in [-0.39, 0.29) is 23.8 Å². The minimum Gasteiger partial charge on any atom is -0.380 e. The summed E-state index contributed by atoms with van der Waals surface area (Å²) in [6, 6.07) is 7.04. The predicted octanol–water partition coefficient (Wildman–Crippen LogP) is 2.07. The van der Waals surface area contributed by atoms with Crippen molar-refractivity contribution in [3.63, 3.8) is 0 Å². The summed E-state index contributed by atoms with van der Waals surface area (Å²) in [7, 11) is -4.27. The second kappa shape index (κ2) is 7.40. The number of benzene rings is 1. The Morgan fingerprint density at radius 1 is 1.25 bits per heavy atom. The maximum absolute atomic E-state index is 13.4. The molecule has 1 aliphatic heterocycles. The molecule has 1 aromatic heterocycles. The van der Waals surface area contributed by atoms with Crippen molar-refractivity contribution in [1.82, 2.24) is 9.88 Å². The Balaban J connectivity index is 1.78. The summed E-state index contributed by atoms with van der Waals surface area (Å²) in [5, 5.41) is 7.68. The quantitative estimate of drug-likeness (QED) is 0.797. The van der Waals surface area contributed by atoms with Gasteiger partial charge in [-0.15, -0.1) is 0 Å². The highest BCUT2D eigenvalue weighted by atomic mass is 32.2. The lowest BCUT2D eigenvalue weighted by atomic mass is 10.1. The maximum atomic E-state index is 13.4. The Hall–Kier alpha value is -2.66. The number of hydrogen-bond donors (Lipinski definition) is 2. The summed E-state index contributed by atoms with van der Waals surface area (Å²) in [6.07, 6.45) is -2.85. The van der Waals surface area contributed by atoms with Gasteiger partial charge in [0.05, 0.1) is 10.5 Å². The average Bonchev–Trinajstić information content (AvgIpc) is 3.09. The van der Waals surface area contributed by atoms with Crippen LogP contribution < -0.4 is 10.5 Å². The zero-order valence-corrected chi connectivity index (χ0v) is 15.3. The van der Waals surface area contributed by atoms with Gasteiger partial charge in [0.25, 0.3) is 5.91 Å². The number of carbonyl (C=O) groups excluding carboxylic acids is 1. The lowest BCUT2D eigenvalue weighted by Gasteiger charge is -2.20. The zero-order chi connectivity index (χ0) is 20.5. The van der Waals surface area contributed by atoms with E-state index < -0.39 is 32.7 Å². The lowest BCUT2D eigenvalue weighted by Crippen LogP contribution is -2.32. The molecule has 0 bridgehead atoms. The summed E-state index contributed by atoms with van der Waals surface area (Å²) in [4.78, 5) is 17.3. The Morgan fingerprint density at radius 3 is 2.61 bits per heavy atom. The molecule has 150 valence electrons. The third-order valence-corrected chi connectivity index (χ3v) is 5.26. The first-order valence-corrected chi connectivity index (χ1v) is 9.81. The van der Waals surface area contributed by atoms with Crippen LogP contribution in [0.5, 0.6) is 0 Å². The molecular weight excluding hydrogens is 397 g/mol. The largest absolute Gasteiger partial charge is 0.418 e. The SMILES string of the molecule is NS(=O)(=O)c1ccc(NC2CCN(C(=O)c3ccccn3)C2)c(C(F)(F)F)c1. The van der Waals surface area contributed by atoms with E-state index in [0.29, 0.717) is 19.0 Å². The van der Waals surface area contributed by atoms with Crippen LogP contribution >= 0.6 is 0 Å². The molecule has 2 heterocycles. The minimum atomic E-state index is -4.77. The van der Waals surface area contributed by atoms with E-state index in [1.54, 1.807) is 18.2 Å². The van der Waals surface area contributed by atoms with Gasteiger partial charge in [-0.2, -0.15) is 13.2 Å². The van der Waals surface area contributed by atoms with Gasteiger partial charge >= 0.3 is 6.18 Å². The molecule has 28 heavy (non-hydrogen) atoms. The molecule has 0 spiro atoms. The van der Waals surface area contributed by atoms with Gasteiger partial charge in [0.15, 0.2) is 0 Å². The van der Waals surface area contributed by atoms with E-state index >= 15 is 0 Å². The van der Waals surface area contributed by atoms with E-state index in [0.717, 1.165) is 12.1 Å². The number of hydrogen-bond acceptors (Lipinski definition) is 5. The van der Waals surface area contributed by atoms with Crippen molar-refractivity contribution < 1.29 is 26.4 Å². The summed E-state index contributed by atoms with van der Waals surface area (Å²) in [6.45, 7) is 0.563. The number of anilines is 1. The maximum Gasteiger partial charge on any atom is 0.418 e. The average molecular weight is 414 g/mol. The van der Waals surface area contributed by atoms with Gasteiger partial charge < -0.3 is 10.2 Å². The number of likely N-dealkylation sites (tertiary alicyclic amines) is 1. The van der Waals surface area contributed by atoms with E-state index in [4.69, 9.17) is 5.14 Å². The van der Waals surface area contributed by atoms with Crippen molar-refractivity contribution in [3.05, 3.63) is 53.9 Å². The first-order valence-electron chi connectivity index (χ1n) is 8.26. The second-order valence-electron chi connectivity index (χ2n) is 6.35. The number of pyridine rings is 1.